The molecule has 3 rings (SSSR count). The van der Waals surface area contributed by atoms with Crippen LogP contribution >= 0.6 is 23.2 Å². The van der Waals surface area contributed by atoms with E-state index in [4.69, 9.17) is 23.2 Å². The van der Waals surface area contributed by atoms with Gasteiger partial charge in [0.05, 0.1) is 4.92 Å². The van der Waals surface area contributed by atoms with Crippen LogP contribution in [0, 0.1) is 24.0 Å². The molecule has 9 nitrogen and oxygen atoms in total. The van der Waals surface area contributed by atoms with E-state index in [1.807, 2.05) is 0 Å². The van der Waals surface area contributed by atoms with Gasteiger partial charge in [0.25, 0.3) is 0 Å². The molecule has 0 saturated carbocycles. The Bertz CT molecular complexity index is 971. The second-order valence-corrected chi connectivity index (χ2v) is 7.70. The lowest BCUT2D eigenvalue weighted by Crippen LogP contribution is -2.44. The van der Waals surface area contributed by atoms with Gasteiger partial charge in [0.2, 0.25) is 11.8 Å². The van der Waals surface area contributed by atoms with Crippen molar-refractivity contribution in [3.05, 3.63) is 49.7 Å². The van der Waals surface area contributed by atoms with Crippen LogP contribution in [0.2, 0.25) is 10.0 Å². The molecule has 2 heterocycles. The minimum atomic E-state index is -0.646. The zero-order chi connectivity index (χ0) is 21.3. The monoisotopic (exact) mass is 439 g/mol. The molecule has 1 aromatic carbocycles. The molecule has 1 fully saturated rings. The highest BCUT2D eigenvalue weighted by Crippen LogP contribution is 2.26. The van der Waals surface area contributed by atoms with E-state index in [9.17, 15) is 19.7 Å². The highest BCUT2D eigenvalue weighted by atomic mass is 35.5. The van der Waals surface area contributed by atoms with E-state index in [-0.39, 0.29) is 29.7 Å². The number of hydrogen-bond acceptors (Lipinski definition) is 5. The van der Waals surface area contributed by atoms with Gasteiger partial charge in [-0.25, -0.2) is 0 Å². The van der Waals surface area contributed by atoms with E-state index in [2.05, 4.69) is 10.4 Å². The highest BCUT2D eigenvalue weighted by Gasteiger charge is 2.35. The molecular formula is C18H19Cl2N5O4. The minimum Gasteiger partial charge on any atom is -0.329 e. The third-order valence-corrected chi connectivity index (χ3v) is 5.25. The van der Waals surface area contributed by atoms with Crippen LogP contribution in [0.1, 0.15) is 24.2 Å². The van der Waals surface area contributed by atoms with Gasteiger partial charge in [-0.3, -0.25) is 24.4 Å². The van der Waals surface area contributed by atoms with Crippen molar-refractivity contribution >= 4 is 46.4 Å². The number of hydrogen-bond donors (Lipinski definition) is 1. The Balaban J connectivity index is 1.73. The molecule has 1 aliphatic rings. The second kappa shape index (κ2) is 8.38. The van der Waals surface area contributed by atoms with Gasteiger partial charge in [-0.15, -0.1) is 0 Å². The number of benzene rings is 1. The number of amides is 2. The molecule has 1 atom stereocenters. The van der Waals surface area contributed by atoms with Crippen LogP contribution in [-0.2, 0) is 16.1 Å². The maximum atomic E-state index is 12.8. The summed E-state index contributed by atoms with van der Waals surface area (Å²) < 4.78 is 1.31. The zero-order valence-corrected chi connectivity index (χ0v) is 17.3. The summed E-state index contributed by atoms with van der Waals surface area (Å²) in [7, 11) is 0. The van der Waals surface area contributed by atoms with E-state index < -0.39 is 11.0 Å². The maximum Gasteiger partial charge on any atom is 0.312 e. The van der Waals surface area contributed by atoms with E-state index in [1.54, 1.807) is 25.1 Å². The molecule has 29 heavy (non-hydrogen) atoms. The quantitative estimate of drug-likeness (QED) is 0.567. The first kappa shape index (κ1) is 21.1. The first-order chi connectivity index (χ1) is 13.7. The van der Waals surface area contributed by atoms with Gasteiger partial charge < -0.3 is 10.2 Å². The number of halogens is 2. The average molecular weight is 440 g/mol. The summed E-state index contributed by atoms with van der Waals surface area (Å²) in [6.45, 7) is 3.32. The van der Waals surface area contributed by atoms with Crippen molar-refractivity contribution < 1.29 is 14.5 Å². The Labute approximate surface area is 176 Å². The lowest BCUT2D eigenvalue weighted by atomic mass is 10.2. The smallest absolute Gasteiger partial charge is 0.312 e. The Morgan fingerprint density at radius 1 is 1.28 bits per heavy atom. The summed E-state index contributed by atoms with van der Waals surface area (Å²) in [5.41, 5.74) is 0.885. The molecule has 1 aliphatic heterocycles. The fraction of sp³-hybridized carbons (Fsp3) is 0.389. The van der Waals surface area contributed by atoms with E-state index in [1.165, 1.54) is 16.5 Å². The summed E-state index contributed by atoms with van der Waals surface area (Å²) in [5, 5.41) is 18.8. The first-order valence-corrected chi connectivity index (χ1v) is 9.67. The molecule has 2 amide bonds. The number of carbonyl (C=O) groups is 2. The van der Waals surface area contributed by atoms with Gasteiger partial charge in [-0.2, -0.15) is 5.10 Å². The summed E-state index contributed by atoms with van der Waals surface area (Å²) in [4.78, 5) is 37.6. The molecule has 1 aromatic heterocycles. The minimum absolute atomic E-state index is 0.105. The molecule has 0 radical (unpaired) electrons. The number of rotatable bonds is 5. The molecule has 1 N–H and O–H groups in total. The highest BCUT2D eigenvalue weighted by molar-refractivity contribution is 6.35. The topological polar surface area (TPSA) is 110 Å². The predicted molar refractivity (Wildman–Crippen MR) is 108 cm³/mol. The van der Waals surface area contributed by atoms with Crippen LogP contribution in [0.5, 0.6) is 0 Å². The molecule has 0 bridgehead atoms. The predicted octanol–water partition coefficient (Wildman–Crippen LogP) is 3.34. The summed E-state index contributed by atoms with van der Waals surface area (Å²) in [5.74, 6) is -0.666. The largest absolute Gasteiger partial charge is 0.329 e. The Hall–Kier alpha value is -2.65. The van der Waals surface area contributed by atoms with Crippen LogP contribution in [-0.4, -0.2) is 44.0 Å². The Kier molecular flexibility index (Phi) is 6.09. The van der Waals surface area contributed by atoms with E-state index in [0.717, 1.165) is 0 Å². The average Bonchev–Trinajstić information content (AvgIpc) is 3.19. The van der Waals surface area contributed by atoms with Gasteiger partial charge in [0.1, 0.15) is 24.0 Å². The summed E-state index contributed by atoms with van der Waals surface area (Å²) in [6.07, 6.45) is 1.19. The fourth-order valence-corrected chi connectivity index (χ4v) is 4.04. The van der Waals surface area contributed by atoms with Gasteiger partial charge in [0.15, 0.2) is 0 Å². The van der Waals surface area contributed by atoms with Crippen molar-refractivity contribution in [2.24, 2.45) is 0 Å². The molecule has 0 spiro atoms. The molecule has 2 aromatic rings. The third kappa shape index (κ3) is 4.51. The second-order valence-electron chi connectivity index (χ2n) is 6.83. The Morgan fingerprint density at radius 2 is 1.93 bits per heavy atom. The molecule has 11 heteroatoms. The molecule has 154 valence electrons. The number of likely N-dealkylation sites (tertiary alicyclic amines) is 1. The molecule has 1 saturated heterocycles. The van der Waals surface area contributed by atoms with E-state index in [0.29, 0.717) is 40.8 Å². The van der Waals surface area contributed by atoms with Gasteiger partial charge in [-0.05, 0) is 44.9 Å². The van der Waals surface area contributed by atoms with Gasteiger partial charge in [-0.1, -0.05) is 23.2 Å². The summed E-state index contributed by atoms with van der Waals surface area (Å²) >= 11 is 11.9. The van der Waals surface area contributed by atoms with Crippen molar-refractivity contribution in [2.45, 2.75) is 39.3 Å². The van der Waals surface area contributed by atoms with Crippen LogP contribution in [0.15, 0.2) is 18.2 Å². The van der Waals surface area contributed by atoms with Crippen molar-refractivity contribution in [1.82, 2.24) is 14.7 Å². The van der Waals surface area contributed by atoms with Crippen LogP contribution in [0.25, 0.3) is 0 Å². The normalized spacial score (nSPS) is 16.1. The number of carbonyl (C=O) groups excluding carboxylic acids is 2. The lowest BCUT2D eigenvalue weighted by molar-refractivity contribution is -0.386. The number of nitrogens with zero attached hydrogens (tertiary/aromatic N) is 4. The van der Waals surface area contributed by atoms with E-state index >= 15 is 0 Å². The van der Waals surface area contributed by atoms with Gasteiger partial charge >= 0.3 is 5.69 Å². The fourth-order valence-electron chi connectivity index (χ4n) is 3.51. The van der Waals surface area contributed by atoms with Crippen molar-refractivity contribution in [3.8, 4) is 0 Å². The molecular weight excluding hydrogens is 421 g/mol. The number of anilines is 1. The first-order valence-electron chi connectivity index (χ1n) is 8.92. The Morgan fingerprint density at radius 3 is 2.52 bits per heavy atom. The van der Waals surface area contributed by atoms with Crippen molar-refractivity contribution in [2.75, 3.05) is 11.9 Å². The standard InChI is InChI=1S/C18H19Cl2N5O4/c1-10-17(25(28)29)11(2)24(22-10)9-16(26)23-5-3-4-15(23)18(27)21-14-7-12(19)6-13(20)8-14/h6-8,15H,3-5,9H2,1-2H3,(H,21,27). The van der Waals surface area contributed by atoms with Gasteiger partial charge in [0, 0.05) is 22.3 Å². The number of aromatic nitrogens is 2. The molecule has 0 aliphatic carbocycles. The van der Waals surface area contributed by atoms with Crippen LogP contribution in [0.3, 0.4) is 0 Å². The third-order valence-electron chi connectivity index (χ3n) is 4.82. The number of nitrogens with one attached hydrogen (secondary N) is 1. The lowest BCUT2D eigenvalue weighted by Gasteiger charge is -2.24. The number of aryl methyl sites for hydroxylation is 1. The zero-order valence-electron chi connectivity index (χ0n) is 15.8. The summed E-state index contributed by atoms with van der Waals surface area (Å²) in [6, 6.07) is 4.05. The number of nitro groups is 1. The van der Waals surface area contributed by atoms with Crippen LogP contribution < -0.4 is 5.32 Å². The van der Waals surface area contributed by atoms with Crippen molar-refractivity contribution in [3.63, 3.8) is 0 Å². The molecule has 1 unspecified atom stereocenters. The SMILES string of the molecule is Cc1nn(CC(=O)N2CCCC2C(=O)Nc2cc(Cl)cc(Cl)c2)c(C)c1[N+](=O)[O-]. The van der Waals surface area contributed by atoms with Crippen LogP contribution in [0.4, 0.5) is 11.4 Å². The van der Waals surface area contributed by atoms with Crippen molar-refractivity contribution in [1.29, 1.82) is 0 Å². The maximum absolute atomic E-state index is 12.8.